The Hall–Kier alpha value is -0.960. The normalized spacial score (nSPS) is 15.8. The fourth-order valence-corrected chi connectivity index (χ4v) is 1.38. The molecule has 0 atom stereocenters. The minimum absolute atomic E-state index is 0.574. The predicted molar refractivity (Wildman–Crippen MR) is 51.1 cm³/mol. The van der Waals surface area contributed by atoms with E-state index in [1.54, 1.807) is 0 Å². The van der Waals surface area contributed by atoms with Crippen molar-refractivity contribution in [1.82, 2.24) is 3.93 Å². The molecule has 0 amide bonds. The summed E-state index contributed by atoms with van der Waals surface area (Å²) in [5, 5.41) is 0. The van der Waals surface area contributed by atoms with Crippen molar-refractivity contribution in [2.75, 3.05) is 6.73 Å². The summed E-state index contributed by atoms with van der Waals surface area (Å²) < 4.78 is 7.22. The third-order valence-corrected chi connectivity index (χ3v) is 2.07. The number of halogens is 1. The SMILES string of the molecule is BrN1C=C(c2ccccc2)OC1. The molecule has 0 spiro atoms. The van der Waals surface area contributed by atoms with Gasteiger partial charge in [-0.2, -0.15) is 0 Å². The molecule has 1 heterocycles. The standard InChI is InChI=1S/C9H8BrNO/c10-11-6-9(12-7-11)8-4-2-1-3-5-8/h1-6H,7H2. The summed E-state index contributed by atoms with van der Waals surface area (Å²) in [5.74, 6) is 0.910. The van der Waals surface area contributed by atoms with Crippen molar-refractivity contribution in [2.24, 2.45) is 0 Å². The monoisotopic (exact) mass is 225 g/mol. The smallest absolute Gasteiger partial charge is 0.170 e. The molecule has 12 heavy (non-hydrogen) atoms. The van der Waals surface area contributed by atoms with Gasteiger partial charge in [0.05, 0.1) is 22.3 Å². The molecule has 1 aliphatic heterocycles. The highest BCUT2D eigenvalue weighted by Gasteiger charge is 2.11. The van der Waals surface area contributed by atoms with Crippen molar-refractivity contribution in [2.45, 2.75) is 0 Å². The van der Waals surface area contributed by atoms with E-state index in [2.05, 4.69) is 16.1 Å². The first kappa shape index (κ1) is 7.68. The molecule has 0 bridgehead atoms. The molecule has 0 radical (unpaired) electrons. The number of rotatable bonds is 1. The third-order valence-electron chi connectivity index (χ3n) is 1.66. The molecule has 0 N–H and O–H groups in total. The van der Waals surface area contributed by atoms with E-state index in [-0.39, 0.29) is 0 Å². The maximum atomic E-state index is 5.39. The first-order valence-corrected chi connectivity index (χ1v) is 4.39. The highest BCUT2D eigenvalue weighted by atomic mass is 79.9. The molecule has 0 aliphatic carbocycles. The van der Waals surface area contributed by atoms with Crippen LogP contribution in [0.4, 0.5) is 0 Å². The van der Waals surface area contributed by atoms with Gasteiger partial charge in [-0.25, -0.2) is 0 Å². The Labute approximate surface area is 79.8 Å². The van der Waals surface area contributed by atoms with Gasteiger partial charge in [-0.05, 0) is 0 Å². The Bertz CT molecular complexity index is 297. The van der Waals surface area contributed by atoms with E-state index >= 15 is 0 Å². The fraction of sp³-hybridized carbons (Fsp3) is 0.111. The minimum atomic E-state index is 0.574. The average molecular weight is 226 g/mol. The van der Waals surface area contributed by atoms with E-state index in [1.165, 1.54) is 0 Å². The van der Waals surface area contributed by atoms with Crippen LogP contribution < -0.4 is 0 Å². The lowest BCUT2D eigenvalue weighted by Gasteiger charge is -2.01. The molecule has 0 saturated heterocycles. The maximum absolute atomic E-state index is 5.39. The quantitative estimate of drug-likeness (QED) is 0.682. The Kier molecular flexibility index (Phi) is 2.04. The molecule has 2 rings (SSSR count). The number of nitrogens with zero attached hydrogens (tertiary/aromatic N) is 1. The Morgan fingerprint density at radius 3 is 2.58 bits per heavy atom. The number of hydrogen-bond donors (Lipinski definition) is 0. The minimum Gasteiger partial charge on any atom is -0.470 e. The maximum Gasteiger partial charge on any atom is 0.170 e. The average Bonchev–Trinajstić information content (AvgIpc) is 2.54. The summed E-state index contributed by atoms with van der Waals surface area (Å²) >= 11 is 3.31. The summed E-state index contributed by atoms with van der Waals surface area (Å²) in [6, 6.07) is 10.0. The van der Waals surface area contributed by atoms with Gasteiger partial charge in [0.1, 0.15) is 5.76 Å². The lowest BCUT2D eigenvalue weighted by molar-refractivity contribution is 0.252. The van der Waals surface area contributed by atoms with Crippen molar-refractivity contribution in [1.29, 1.82) is 0 Å². The van der Waals surface area contributed by atoms with E-state index in [9.17, 15) is 0 Å². The zero-order chi connectivity index (χ0) is 8.39. The summed E-state index contributed by atoms with van der Waals surface area (Å²) in [6.07, 6.45) is 1.93. The second-order valence-corrected chi connectivity index (χ2v) is 3.44. The molecule has 0 fully saturated rings. The molecular weight excluding hydrogens is 218 g/mol. The predicted octanol–water partition coefficient (Wildman–Crippen LogP) is 2.58. The number of ether oxygens (including phenoxy) is 1. The molecule has 3 heteroatoms. The Morgan fingerprint density at radius 1 is 1.25 bits per heavy atom. The number of benzene rings is 1. The van der Waals surface area contributed by atoms with Crippen LogP contribution in [0, 0.1) is 0 Å². The van der Waals surface area contributed by atoms with Crippen molar-refractivity contribution >= 4 is 21.9 Å². The number of hydrogen-bond acceptors (Lipinski definition) is 2. The largest absolute Gasteiger partial charge is 0.470 e. The van der Waals surface area contributed by atoms with Crippen LogP contribution in [0.3, 0.4) is 0 Å². The van der Waals surface area contributed by atoms with Gasteiger partial charge < -0.3 is 4.74 Å². The molecule has 0 aromatic heterocycles. The van der Waals surface area contributed by atoms with E-state index in [4.69, 9.17) is 4.74 Å². The van der Waals surface area contributed by atoms with E-state index < -0.39 is 0 Å². The van der Waals surface area contributed by atoms with Gasteiger partial charge in [0, 0.05) is 5.56 Å². The molecule has 0 saturated carbocycles. The second kappa shape index (κ2) is 3.19. The zero-order valence-corrected chi connectivity index (χ0v) is 7.99. The lowest BCUT2D eigenvalue weighted by atomic mass is 10.2. The molecule has 0 unspecified atom stereocenters. The van der Waals surface area contributed by atoms with Gasteiger partial charge in [0.25, 0.3) is 0 Å². The first-order valence-electron chi connectivity index (χ1n) is 3.69. The fourth-order valence-electron chi connectivity index (χ4n) is 1.09. The van der Waals surface area contributed by atoms with Crippen LogP contribution in [0.5, 0.6) is 0 Å². The van der Waals surface area contributed by atoms with Crippen LogP contribution in [0.2, 0.25) is 0 Å². The Morgan fingerprint density at radius 2 is 2.00 bits per heavy atom. The highest BCUT2D eigenvalue weighted by Crippen LogP contribution is 2.23. The van der Waals surface area contributed by atoms with Gasteiger partial charge in [0.15, 0.2) is 6.73 Å². The zero-order valence-electron chi connectivity index (χ0n) is 6.40. The van der Waals surface area contributed by atoms with Gasteiger partial charge in [-0.1, -0.05) is 30.3 Å². The Balaban J connectivity index is 2.27. The molecule has 1 aromatic carbocycles. The summed E-state index contributed by atoms with van der Waals surface area (Å²) in [7, 11) is 0. The van der Waals surface area contributed by atoms with Crippen LogP contribution in [-0.2, 0) is 4.74 Å². The van der Waals surface area contributed by atoms with E-state index in [1.807, 2.05) is 40.5 Å². The molecule has 62 valence electrons. The van der Waals surface area contributed by atoms with E-state index in [0.717, 1.165) is 11.3 Å². The van der Waals surface area contributed by atoms with E-state index in [0.29, 0.717) is 6.73 Å². The summed E-state index contributed by atoms with van der Waals surface area (Å²) in [6.45, 7) is 0.574. The van der Waals surface area contributed by atoms with Crippen molar-refractivity contribution in [3.8, 4) is 0 Å². The van der Waals surface area contributed by atoms with Crippen molar-refractivity contribution in [3.05, 3.63) is 42.1 Å². The van der Waals surface area contributed by atoms with Crippen LogP contribution in [0.1, 0.15) is 5.56 Å². The highest BCUT2D eigenvalue weighted by molar-refractivity contribution is 9.07. The summed E-state index contributed by atoms with van der Waals surface area (Å²) in [5.41, 5.74) is 1.11. The lowest BCUT2D eigenvalue weighted by Crippen LogP contribution is -1.97. The van der Waals surface area contributed by atoms with Crippen LogP contribution in [0.25, 0.3) is 5.76 Å². The van der Waals surface area contributed by atoms with Gasteiger partial charge in [-0.3, -0.25) is 3.93 Å². The van der Waals surface area contributed by atoms with Crippen LogP contribution in [0.15, 0.2) is 36.5 Å². The topological polar surface area (TPSA) is 12.5 Å². The van der Waals surface area contributed by atoms with Crippen molar-refractivity contribution in [3.63, 3.8) is 0 Å². The first-order chi connectivity index (χ1) is 5.86. The van der Waals surface area contributed by atoms with Crippen LogP contribution in [-0.4, -0.2) is 10.7 Å². The second-order valence-electron chi connectivity index (χ2n) is 2.53. The summed E-state index contributed by atoms with van der Waals surface area (Å²) in [4.78, 5) is 0. The van der Waals surface area contributed by atoms with Gasteiger partial charge in [-0.15, -0.1) is 0 Å². The molecular formula is C9H8BrNO. The van der Waals surface area contributed by atoms with Crippen molar-refractivity contribution < 1.29 is 4.74 Å². The molecule has 2 nitrogen and oxygen atoms in total. The van der Waals surface area contributed by atoms with Crippen LogP contribution >= 0.6 is 16.1 Å². The van der Waals surface area contributed by atoms with Gasteiger partial charge in [0.2, 0.25) is 0 Å². The molecule has 1 aliphatic rings. The third kappa shape index (κ3) is 1.46. The van der Waals surface area contributed by atoms with Gasteiger partial charge >= 0.3 is 0 Å². The molecule has 1 aromatic rings.